The molecule has 3 nitrogen and oxygen atoms in total. The van der Waals surface area contributed by atoms with Crippen molar-refractivity contribution in [1.29, 1.82) is 0 Å². The van der Waals surface area contributed by atoms with E-state index in [2.05, 4.69) is 6.92 Å². The van der Waals surface area contributed by atoms with E-state index in [1.807, 2.05) is 0 Å². The van der Waals surface area contributed by atoms with E-state index in [1.165, 1.54) is 32.3 Å². The Morgan fingerprint density at radius 2 is 1.69 bits per heavy atom. The molecule has 1 unspecified atom stereocenters. The Morgan fingerprint density at radius 1 is 1.15 bits per heavy atom. The number of hydrogen-bond acceptors (Lipinski definition) is 2. The summed E-state index contributed by atoms with van der Waals surface area (Å²) >= 11 is 0. The summed E-state index contributed by atoms with van der Waals surface area (Å²) in [5.41, 5.74) is 0. The van der Waals surface area contributed by atoms with Gasteiger partial charge in [-0.2, -0.15) is 0 Å². The Hall–Kier alpha value is 0.150. The van der Waals surface area contributed by atoms with Crippen LogP contribution in [0.3, 0.4) is 0 Å². The van der Waals surface area contributed by atoms with E-state index in [4.69, 9.17) is 9.42 Å². The first-order valence-electron chi connectivity index (χ1n) is 5.01. The van der Waals surface area contributed by atoms with Crippen LogP contribution in [0.15, 0.2) is 0 Å². The zero-order valence-electron chi connectivity index (χ0n) is 8.66. The fourth-order valence-electron chi connectivity index (χ4n) is 1.12. The maximum atomic E-state index is 10.7. The molecule has 0 aliphatic carbocycles. The van der Waals surface area contributed by atoms with Gasteiger partial charge in [0.1, 0.15) is 0 Å². The van der Waals surface area contributed by atoms with Gasteiger partial charge in [0.25, 0.3) is 0 Å². The Balaban J connectivity index is 3.04. The lowest BCUT2D eigenvalue weighted by Gasteiger charge is -2.05. The molecule has 0 spiro atoms. The van der Waals surface area contributed by atoms with Crippen LogP contribution in [-0.2, 0) is 9.09 Å². The van der Waals surface area contributed by atoms with Crippen molar-refractivity contribution < 1.29 is 14.0 Å². The first-order chi connectivity index (χ1) is 6.06. The molecular formula is C9H21O3P. The summed E-state index contributed by atoms with van der Waals surface area (Å²) < 4.78 is 15.4. The third kappa shape index (κ3) is 12.1. The number of rotatable bonds is 8. The largest absolute Gasteiger partial charge is 0.325 e. The molecule has 0 radical (unpaired) electrons. The van der Waals surface area contributed by atoms with Crippen LogP contribution < -0.4 is 0 Å². The molecule has 0 aromatic rings. The highest BCUT2D eigenvalue weighted by Crippen LogP contribution is 2.36. The molecular weight excluding hydrogens is 187 g/mol. The van der Waals surface area contributed by atoms with E-state index >= 15 is 0 Å². The van der Waals surface area contributed by atoms with Crippen LogP contribution in [0.5, 0.6) is 0 Å². The van der Waals surface area contributed by atoms with Crippen LogP contribution in [-0.4, -0.2) is 18.2 Å². The summed E-state index contributed by atoms with van der Waals surface area (Å²) in [6.07, 6.45) is 6.99. The molecule has 0 bridgehead atoms. The van der Waals surface area contributed by atoms with Crippen molar-refractivity contribution in [3.05, 3.63) is 0 Å². The molecule has 0 aromatic heterocycles. The third-order valence-electron chi connectivity index (χ3n) is 1.83. The zero-order valence-corrected chi connectivity index (χ0v) is 9.56. The van der Waals surface area contributed by atoms with Gasteiger partial charge < -0.3 is 9.42 Å². The molecule has 1 atom stereocenters. The lowest BCUT2D eigenvalue weighted by molar-refractivity contribution is 0.257. The van der Waals surface area contributed by atoms with Crippen molar-refractivity contribution >= 4 is 7.60 Å². The Bertz CT molecular complexity index is 153. The fourth-order valence-corrected chi connectivity index (χ4v) is 1.58. The number of hydrogen-bond donors (Lipinski definition) is 1. The molecule has 0 fully saturated rings. The minimum absolute atomic E-state index is 0.413. The van der Waals surface area contributed by atoms with Crippen molar-refractivity contribution in [2.24, 2.45) is 0 Å². The van der Waals surface area contributed by atoms with Crippen molar-refractivity contribution in [3.8, 4) is 0 Å². The number of unbranched alkanes of at least 4 members (excludes halogenated alkanes) is 5. The predicted molar refractivity (Wildman–Crippen MR) is 55.1 cm³/mol. The van der Waals surface area contributed by atoms with E-state index in [0.717, 1.165) is 12.8 Å². The summed E-state index contributed by atoms with van der Waals surface area (Å²) in [5, 5.41) is 0. The molecule has 0 aliphatic rings. The van der Waals surface area contributed by atoms with Gasteiger partial charge in [0.15, 0.2) is 0 Å². The van der Waals surface area contributed by atoms with Gasteiger partial charge >= 0.3 is 7.60 Å². The van der Waals surface area contributed by atoms with Gasteiger partial charge in [0.2, 0.25) is 0 Å². The summed E-state index contributed by atoms with van der Waals surface area (Å²) in [7, 11) is -3.23. The lowest BCUT2D eigenvalue weighted by atomic mass is 10.1. The smallest absolute Gasteiger partial charge is 0.324 e. The molecule has 0 amide bonds. The van der Waals surface area contributed by atoms with Gasteiger partial charge in [-0.1, -0.05) is 39.0 Å². The molecule has 0 saturated heterocycles. The Kier molecular flexibility index (Phi) is 7.63. The zero-order chi connectivity index (χ0) is 10.2. The van der Waals surface area contributed by atoms with Gasteiger partial charge in [-0.15, -0.1) is 0 Å². The maximum Gasteiger partial charge on any atom is 0.325 e. The van der Waals surface area contributed by atoms with Crippen molar-refractivity contribution in [3.63, 3.8) is 0 Å². The second kappa shape index (κ2) is 7.54. The molecule has 0 heterocycles. The highest BCUT2D eigenvalue weighted by molar-refractivity contribution is 7.51. The minimum atomic E-state index is -3.23. The highest BCUT2D eigenvalue weighted by Gasteiger charge is 2.08. The monoisotopic (exact) mass is 208 g/mol. The Morgan fingerprint density at radius 3 is 2.23 bits per heavy atom. The lowest BCUT2D eigenvalue weighted by Crippen LogP contribution is -1.91. The summed E-state index contributed by atoms with van der Waals surface area (Å²) in [4.78, 5) is 8.79. The standard InChI is InChI=1S/C9H21O3P/c1-3-4-5-6-7-8-9-12-13(2,10)11/h3-9H2,1-2H3,(H,10,11). The van der Waals surface area contributed by atoms with Gasteiger partial charge in [0.05, 0.1) is 6.61 Å². The van der Waals surface area contributed by atoms with Crippen LogP contribution in [0.4, 0.5) is 0 Å². The van der Waals surface area contributed by atoms with Gasteiger partial charge in [-0.3, -0.25) is 4.57 Å². The molecule has 80 valence electrons. The average molecular weight is 208 g/mol. The maximum absolute atomic E-state index is 10.7. The molecule has 0 saturated carbocycles. The van der Waals surface area contributed by atoms with E-state index in [0.29, 0.717) is 6.61 Å². The molecule has 0 rings (SSSR count). The third-order valence-corrected chi connectivity index (χ3v) is 2.49. The van der Waals surface area contributed by atoms with E-state index in [9.17, 15) is 4.57 Å². The van der Waals surface area contributed by atoms with Gasteiger partial charge in [-0.05, 0) is 6.42 Å². The SMILES string of the molecule is CCCCCCCCOP(C)(=O)O. The van der Waals surface area contributed by atoms with Crippen molar-refractivity contribution in [2.75, 3.05) is 13.3 Å². The second-order valence-electron chi connectivity index (χ2n) is 3.40. The highest BCUT2D eigenvalue weighted by atomic mass is 31.2. The quantitative estimate of drug-likeness (QED) is 0.492. The van der Waals surface area contributed by atoms with Crippen LogP contribution in [0.25, 0.3) is 0 Å². The van der Waals surface area contributed by atoms with E-state index < -0.39 is 7.60 Å². The van der Waals surface area contributed by atoms with Crippen molar-refractivity contribution in [1.82, 2.24) is 0 Å². The van der Waals surface area contributed by atoms with Crippen LogP contribution in [0, 0.1) is 0 Å². The molecule has 0 aliphatic heterocycles. The second-order valence-corrected chi connectivity index (χ2v) is 5.27. The average Bonchev–Trinajstić information content (AvgIpc) is 2.01. The first kappa shape index (κ1) is 13.2. The normalized spacial score (nSPS) is 15.6. The van der Waals surface area contributed by atoms with E-state index in [1.54, 1.807) is 0 Å². The minimum Gasteiger partial charge on any atom is -0.324 e. The van der Waals surface area contributed by atoms with Gasteiger partial charge in [-0.25, -0.2) is 0 Å². The van der Waals surface area contributed by atoms with Crippen LogP contribution >= 0.6 is 7.60 Å². The molecule has 0 aromatic carbocycles. The molecule has 13 heavy (non-hydrogen) atoms. The predicted octanol–water partition coefficient (Wildman–Crippen LogP) is 3.18. The van der Waals surface area contributed by atoms with Crippen LogP contribution in [0.1, 0.15) is 45.4 Å². The summed E-state index contributed by atoms with van der Waals surface area (Å²) in [5.74, 6) is 0. The summed E-state index contributed by atoms with van der Waals surface area (Å²) in [6, 6.07) is 0. The van der Waals surface area contributed by atoms with Crippen molar-refractivity contribution in [2.45, 2.75) is 45.4 Å². The van der Waals surface area contributed by atoms with E-state index in [-0.39, 0.29) is 0 Å². The molecule has 4 heteroatoms. The Labute approximate surface area is 81.0 Å². The molecule has 1 N–H and O–H groups in total. The van der Waals surface area contributed by atoms with Crippen LogP contribution in [0.2, 0.25) is 0 Å². The summed E-state index contributed by atoms with van der Waals surface area (Å²) in [6.45, 7) is 3.82. The topological polar surface area (TPSA) is 46.5 Å². The van der Waals surface area contributed by atoms with Gasteiger partial charge in [0, 0.05) is 6.66 Å². The fraction of sp³-hybridized carbons (Fsp3) is 1.00. The first-order valence-corrected chi connectivity index (χ1v) is 7.03.